The molecule has 0 aliphatic carbocycles. The van der Waals surface area contributed by atoms with Crippen LogP contribution in [-0.4, -0.2) is 157 Å². The summed E-state index contributed by atoms with van der Waals surface area (Å²) in [5, 5.41) is 40.6. The van der Waals surface area contributed by atoms with Crippen LogP contribution in [0.15, 0.2) is 4.99 Å². The van der Waals surface area contributed by atoms with Crippen LogP contribution in [0, 0.1) is 0 Å². The number of rotatable bonds is 50. The number of nitrogens with one attached hydrogen (secondary N) is 7. The zero-order valence-electron chi connectivity index (χ0n) is 44.2. The van der Waals surface area contributed by atoms with Gasteiger partial charge in [0.2, 0.25) is 35.4 Å². The molecule has 0 unspecified atom stereocenters. The van der Waals surface area contributed by atoms with Crippen LogP contribution in [0.25, 0.3) is 5.73 Å². The van der Waals surface area contributed by atoms with Gasteiger partial charge < -0.3 is 72.4 Å². The second-order valence-corrected chi connectivity index (χ2v) is 18.7. The predicted octanol–water partition coefficient (Wildman–Crippen LogP) is 3.38. The third-order valence-corrected chi connectivity index (χ3v) is 12.3. The third-order valence-electron chi connectivity index (χ3n) is 11.4. The van der Waals surface area contributed by atoms with E-state index in [0.717, 1.165) is 37.9 Å². The summed E-state index contributed by atoms with van der Waals surface area (Å²) in [6, 6.07) is -5.14. The van der Waals surface area contributed by atoms with Crippen molar-refractivity contribution in [1.82, 2.24) is 31.3 Å². The Kier molecular flexibility index (Phi) is 51.7. The van der Waals surface area contributed by atoms with Gasteiger partial charge in [-0.3, -0.25) is 40.0 Å². The second kappa shape index (κ2) is 51.6. The summed E-state index contributed by atoms with van der Waals surface area (Å²) >= 11 is 1.21. The van der Waals surface area contributed by atoms with Crippen molar-refractivity contribution < 1.29 is 112 Å². The van der Waals surface area contributed by atoms with Gasteiger partial charge in [0.25, 0.3) is 0 Å². The van der Waals surface area contributed by atoms with Crippen LogP contribution in [-0.2, 0) is 97.0 Å². The van der Waals surface area contributed by atoms with E-state index in [1.54, 1.807) is 13.3 Å². The Hall–Kier alpha value is -4.13. The molecular formula is C49H85N9O15SVW-2. The van der Waals surface area contributed by atoms with Crippen molar-refractivity contribution in [3.8, 4) is 0 Å². The average molecular weight is 1310 g/mol. The first-order valence-corrected chi connectivity index (χ1v) is 26.9. The molecule has 24 nitrogen and oxygen atoms in total. The molecule has 0 rings (SSSR count). The Balaban J connectivity index is -0.0000266. The number of carboxylic acids is 3. The van der Waals surface area contributed by atoms with Gasteiger partial charge >= 0.3 is 17.9 Å². The fraction of sp³-hybridized carbons (Fsp3) is 0.776. The van der Waals surface area contributed by atoms with Gasteiger partial charge in [-0.25, -0.2) is 20.4 Å². The van der Waals surface area contributed by atoms with Gasteiger partial charge in [-0.2, -0.15) is 0 Å². The van der Waals surface area contributed by atoms with Crippen molar-refractivity contribution in [1.29, 1.82) is 0 Å². The van der Waals surface area contributed by atoms with Crippen molar-refractivity contribution in [2.75, 3.05) is 52.3 Å². The Morgan fingerprint density at radius 2 is 0.947 bits per heavy atom. The summed E-state index contributed by atoms with van der Waals surface area (Å²) in [7, 11) is 1.73. The summed E-state index contributed by atoms with van der Waals surface area (Å²) in [5.41, 5.74) is 13.0. The molecular weight excluding hydrogens is 1220 g/mol. The van der Waals surface area contributed by atoms with Gasteiger partial charge in [-0.1, -0.05) is 95.4 Å². The normalized spacial score (nSPS) is 12.5. The summed E-state index contributed by atoms with van der Waals surface area (Å²) in [6.45, 7) is -0.246. The molecule has 76 heavy (non-hydrogen) atoms. The molecule has 12 N–H and O–H groups in total. The van der Waals surface area contributed by atoms with Crippen LogP contribution < -0.4 is 37.0 Å². The minimum atomic E-state index is -1.50. The number of aliphatic imine (C=N–C) groups is 1. The Morgan fingerprint density at radius 3 is 1.43 bits per heavy atom. The van der Waals surface area contributed by atoms with E-state index < -0.39 is 84.6 Å². The topological polar surface area (TPSA) is 384 Å². The molecule has 0 bridgehead atoms. The number of carbonyl (C=O) groups is 9. The largest absolute Gasteiger partial charge is 0.698 e. The van der Waals surface area contributed by atoms with E-state index >= 15 is 0 Å². The maximum absolute atomic E-state index is 12.4. The number of carboxylic acid groups (broad SMARTS) is 3. The quantitative estimate of drug-likeness (QED) is 0.0137. The van der Waals surface area contributed by atoms with Gasteiger partial charge in [-0.05, 0) is 44.9 Å². The van der Waals surface area contributed by atoms with E-state index in [1.807, 2.05) is 0 Å². The summed E-state index contributed by atoms with van der Waals surface area (Å²) in [4.78, 5) is 123. The van der Waals surface area contributed by atoms with Crippen LogP contribution in [0.2, 0.25) is 0 Å². The van der Waals surface area contributed by atoms with E-state index in [2.05, 4.69) is 36.3 Å². The van der Waals surface area contributed by atoms with Crippen LogP contribution in [0.5, 0.6) is 0 Å². The van der Waals surface area contributed by atoms with Gasteiger partial charge in [0.05, 0.1) is 25.7 Å². The molecule has 0 aliphatic heterocycles. The Labute approximate surface area is 478 Å². The first kappa shape index (κ1) is 76.1. The minimum absolute atomic E-state index is 0. The number of unbranched alkanes of at least 4 members (excludes halogenated alkanes) is 13. The zero-order valence-corrected chi connectivity index (χ0v) is 49.3. The predicted molar refractivity (Wildman–Crippen MR) is 278 cm³/mol. The van der Waals surface area contributed by atoms with Crippen molar-refractivity contribution in [3.63, 3.8) is 0 Å². The standard InChI is InChI=1S/C49H85N9O15S.V.W/c1-52-40(51)19-13-11-9-7-5-3-2-4-6-8-10-12-14-20-45(64)58-74-33-17-21-43(62)55-37(47(66)67)23-26-42(61)54-29-30-72-31-32-73-35-46(65)57-39(49(70)71)24-27-44(63)56-38(48(68)69)22-25-41(60)53-28-16-15-18-36(50)34-59;;/h36-39,50H,2-33,35H2,1H3,(H2,51,52)(H,53,60)(H,54,61)(H,55,62)(H,56,63)(H,57,65)(H,58,64)(H,66,67)(H,68,69)(H,70,71);;/q-2;;/t36-,37-,38-,39-;;/m0../s1. The molecule has 0 spiro atoms. The smallest absolute Gasteiger partial charge is 0.326 e. The van der Waals surface area contributed by atoms with Crippen molar-refractivity contribution in [3.05, 3.63) is 5.73 Å². The Bertz CT molecular complexity index is 1710. The average Bonchev–Trinajstić information content (AvgIpc) is 3.36. The molecule has 0 saturated carbocycles. The number of amidine groups is 1. The summed E-state index contributed by atoms with van der Waals surface area (Å²) in [6.07, 6.45) is 18.3. The molecule has 1 radical (unpaired) electrons. The molecule has 0 fully saturated rings. The number of hydrogen-bond acceptors (Lipinski definition) is 14. The molecule has 27 heteroatoms. The van der Waals surface area contributed by atoms with Gasteiger partial charge in [0, 0.05) is 104 Å². The molecule has 0 aliphatic rings. The van der Waals surface area contributed by atoms with Crippen LogP contribution >= 0.6 is 11.9 Å². The monoisotopic (exact) mass is 1310 g/mol. The number of carbonyl (C=O) groups excluding carboxylic acids is 7. The van der Waals surface area contributed by atoms with Crippen molar-refractivity contribution >= 4 is 77.4 Å². The summed E-state index contributed by atoms with van der Waals surface area (Å²) < 4.78 is 13.3. The SMILES string of the molecule is CN=C(N)CCCCCCCCCCCCCCCC(=O)NSCCCC(=O)N[C@@H](CCC(=O)NCCOCCOCC(=O)N[C@@H](CCC(=O)N[C@@H](CCC(=O)NCCCC[C@H]([NH-])[C-]=O)C(=O)O)C(=O)O)C(=O)O.[V].[W]. The van der Waals surface area contributed by atoms with Crippen molar-refractivity contribution in [2.45, 2.75) is 191 Å². The van der Waals surface area contributed by atoms with E-state index in [1.165, 1.54) is 69.7 Å². The first-order chi connectivity index (χ1) is 35.5. The number of hydrogen-bond donors (Lipinski definition) is 10. The molecule has 0 heterocycles. The fourth-order valence-electron chi connectivity index (χ4n) is 7.09. The van der Waals surface area contributed by atoms with E-state index in [4.69, 9.17) is 20.9 Å². The minimum Gasteiger partial charge on any atom is -0.698 e. The maximum Gasteiger partial charge on any atom is 0.326 e. The van der Waals surface area contributed by atoms with Crippen LogP contribution in [0.4, 0.5) is 0 Å². The zero-order chi connectivity index (χ0) is 55.2. The molecule has 6 amide bonds. The molecule has 435 valence electrons. The van der Waals surface area contributed by atoms with Gasteiger partial charge in [0.15, 0.2) is 0 Å². The molecule has 0 aromatic rings. The molecule has 0 aromatic carbocycles. The van der Waals surface area contributed by atoms with Crippen LogP contribution in [0.3, 0.4) is 0 Å². The number of aliphatic carboxylic acids is 3. The van der Waals surface area contributed by atoms with Crippen molar-refractivity contribution in [2.24, 2.45) is 10.7 Å². The van der Waals surface area contributed by atoms with Crippen LogP contribution in [0.1, 0.15) is 167 Å². The number of amides is 6. The number of nitrogens with two attached hydrogens (primary N) is 1. The first-order valence-electron chi connectivity index (χ1n) is 25.9. The Morgan fingerprint density at radius 1 is 0.526 bits per heavy atom. The van der Waals surface area contributed by atoms with E-state index in [-0.39, 0.29) is 117 Å². The molecule has 0 aromatic heterocycles. The molecule has 4 atom stereocenters. The van der Waals surface area contributed by atoms with E-state index in [0.29, 0.717) is 37.9 Å². The molecule has 0 saturated heterocycles. The number of nitrogens with zero attached hydrogens (tertiary/aromatic N) is 1. The van der Waals surface area contributed by atoms with Gasteiger partial charge in [-0.15, -0.1) is 0 Å². The van der Waals surface area contributed by atoms with Gasteiger partial charge in [0.1, 0.15) is 24.7 Å². The number of ether oxygens (including phenoxy) is 2. The third kappa shape index (κ3) is 47.1. The second-order valence-electron chi connectivity index (χ2n) is 17.8. The fourth-order valence-corrected chi connectivity index (χ4v) is 7.74. The maximum atomic E-state index is 12.4. The van der Waals surface area contributed by atoms with E-state index in [9.17, 15) is 63.3 Å². The summed E-state index contributed by atoms with van der Waals surface area (Å²) in [5.74, 6) is -6.01.